The first kappa shape index (κ1) is 14.9. The zero-order valence-corrected chi connectivity index (χ0v) is 12.1. The fourth-order valence-electron chi connectivity index (χ4n) is 1.74. The first-order valence-corrected chi connectivity index (χ1v) is 6.56. The molecule has 0 aliphatic rings. The molecule has 0 saturated carbocycles. The monoisotopic (exact) mass is 318 g/mol. The normalized spacial score (nSPS) is 12.6. The Balaban J connectivity index is 3.14. The van der Waals surface area contributed by atoms with Gasteiger partial charge in [-0.2, -0.15) is 0 Å². The number of benzene rings is 1. The van der Waals surface area contributed by atoms with E-state index in [-0.39, 0.29) is 16.2 Å². The average molecular weight is 319 g/mol. The van der Waals surface area contributed by atoms with Gasteiger partial charge in [0.2, 0.25) is 0 Å². The van der Waals surface area contributed by atoms with Gasteiger partial charge in [0, 0.05) is 6.04 Å². The lowest BCUT2D eigenvalue weighted by Gasteiger charge is -2.22. The fourth-order valence-corrected chi connectivity index (χ4v) is 2.09. The van der Waals surface area contributed by atoms with Crippen LogP contribution in [0, 0.1) is 21.8 Å². The Morgan fingerprint density at radius 1 is 1.50 bits per heavy atom. The van der Waals surface area contributed by atoms with Crippen LogP contribution in [-0.2, 0) is 0 Å². The van der Waals surface area contributed by atoms with Crippen molar-refractivity contribution < 1.29 is 9.31 Å². The number of hydrogen-bond acceptors (Lipinski definition) is 3. The van der Waals surface area contributed by atoms with Gasteiger partial charge in [0.1, 0.15) is 11.5 Å². The summed E-state index contributed by atoms with van der Waals surface area (Å²) in [6, 6.07) is 2.46. The molecule has 4 nitrogen and oxygen atoms in total. The molecule has 0 aliphatic heterocycles. The summed E-state index contributed by atoms with van der Waals surface area (Å²) in [5.41, 5.74) is 0.101. The Morgan fingerprint density at radius 3 is 2.56 bits per heavy atom. The zero-order chi connectivity index (χ0) is 13.9. The maximum Gasteiger partial charge on any atom is 0.295 e. The predicted octanol–water partition coefficient (Wildman–Crippen LogP) is 4.34. The van der Waals surface area contributed by atoms with Crippen LogP contribution in [0.3, 0.4) is 0 Å². The number of nitro benzene ring substituents is 1. The Bertz CT molecular complexity index is 452. The van der Waals surface area contributed by atoms with Crippen molar-refractivity contribution in [3.05, 3.63) is 32.5 Å². The Kier molecular flexibility index (Phi) is 5.07. The maximum absolute atomic E-state index is 13.3. The van der Waals surface area contributed by atoms with Crippen molar-refractivity contribution in [2.45, 2.75) is 33.2 Å². The molecule has 0 aromatic heterocycles. The highest BCUT2D eigenvalue weighted by molar-refractivity contribution is 9.10. The summed E-state index contributed by atoms with van der Waals surface area (Å²) >= 11 is 3.04. The summed E-state index contributed by atoms with van der Waals surface area (Å²) in [6.07, 6.45) is 0.837. The first-order valence-electron chi connectivity index (χ1n) is 5.76. The van der Waals surface area contributed by atoms with Gasteiger partial charge in [-0.15, -0.1) is 0 Å². The van der Waals surface area contributed by atoms with Gasteiger partial charge in [0.15, 0.2) is 0 Å². The van der Waals surface area contributed by atoms with Crippen molar-refractivity contribution in [1.29, 1.82) is 0 Å². The molecule has 0 spiro atoms. The number of anilines is 1. The molecule has 1 aromatic rings. The molecule has 0 bridgehead atoms. The average Bonchev–Trinajstić information content (AvgIpc) is 2.29. The summed E-state index contributed by atoms with van der Waals surface area (Å²) in [7, 11) is 0. The molecular formula is C12H16BrFN2O2. The summed E-state index contributed by atoms with van der Waals surface area (Å²) < 4.78 is 13.5. The number of nitrogens with zero attached hydrogens (tertiary/aromatic N) is 1. The third-order valence-electron chi connectivity index (χ3n) is 2.82. The van der Waals surface area contributed by atoms with Crippen LogP contribution in [0.1, 0.15) is 27.2 Å². The van der Waals surface area contributed by atoms with E-state index in [0.717, 1.165) is 12.5 Å². The highest BCUT2D eigenvalue weighted by Gasteiger charge is 2.20. The summed E-state index contributed by atoms with van der Waals surface area (Å²) in [5, 5.41) is 14.0. The van der Waals surface area contributed by atoms with Crippen molar-refractivity contribution in [2.75, 3.05) is 5.32 Å². The first-order chi connectivity index (χ1) is 8.36. The molecule has 0 fully saturated rings. The van der Waals surface area contributed by atoms with Gasteiger partial charge in [-0.25, -0.2) is 4.39 Å². The van der Waals surface area contributed by atoms with Gasteiger partial charge < -0.3 is 5.32 Å². The Hall–Kier alpha value is -1.17. The van der Waals surface area contributed by atoms with E-state index in [9.17, 15) is 14.5 Å². The summed E-state index contributed by atoms with van der Waals surface area (Å²) in [5.74, 6) is -0.303. The van der Waals surface area contributed by atoms with Crippen LogP contribution in [0.25, 0.3) is 0 Å². The third kappa shape index (κ3) is 3.41. The fraction of sp³-hybridized carbons (Fsp3) is 0.500. The third-order valence-corrected chi connectivity index (χ3v) is 3.43. The largest absolute Gasteiger partial charge is 0.376 e. The molecule has 0 amide bonds. The second-order valence-corrected chi connectivity index (χ2v) is 5.30. The summed E-state index contributed by atoms with van der Waals surface area (Å²) in [4.78, 5) is 10.3. The zero-order valence-electron chi connectivity index (χ0n) is 10.5. The van der Waals surface area contributed by atoms with Crippen molar-refractivity contribution in [2.24, 2.45) is 5.92 Å². The van der Waals surface area contributed by atoms with Crippen LogP contribution in [-0.4, -0.2) is 11.0 Å². The highest BCUT2D eigenvalue weighted by Crippen LogP contribution is 2.31. The topological polar surface area (TPSA) is 55.2 Å². The van der Waals surface area contributed by atoms with Crippen LogP contribution in [0.5, 0.6) is 0 Å². The molecule has 0 aliphatic carbocycles. The van der Waals surface area contributed by atoms with Crippen LogP contribution in [0.2, 0.25) is 0 Å². The van der Waals surface area contributed by atoms with Crippen molar-refractivity contribution in [1.82, 2.24) is 0 Å². The molecular weight excluding hydrogens is 303 g/mol. The van der Waals surface area contributed by atoms with E-state index in [2.05, 4.69) is 21.2 Å². The van der Waals surface area contributed by atoms with E-state index < -0.39 is 10.7 Å². The minimum Gasteiger partial charge on any atom is -0.376 e. The van der Waals surface area contributed by atoms with Crippen LogP contribution < -0.4 is 5.32 Å². The van der Waals surface area contributed by atoms with E-state index in [1.54, 1.807) is 0 Å². The molecule has 0 saturated heterocycles. The lowest BCUT2D eigenvalue weighted by Crippen LogP contribution is -2.25. The standard InChI is InChI=1S/C12H16BrFN2O2/c1-4-10(7(2)3)15-11-5-8(13)9(14)6-12(11)16(17)18/h5-7,10,15H,4H2,1-3H3. The molecule has 6 heteroatoms. The molecule has 1 N–H and O–H groups in total. The predicted molar refractivity (Wildman–Crippen MR) is 73.3 cm³/mol. The van der Waals surface area contributed by atoms with Gasteiger partial charge in [-0.05, 0) is 34.3 Å². The van der Waals surface area contributed by atoms with Crippen molar-refractivity contribution in [3.8, 4) is 0 Å². The Morgan fingerprint density at radius 2 is 2.11 bits per heavy atom. The SMILES string of the molecule is CCC(Nc1cc(Br)c(F)cc1[N+](=O)[O-])C(C)C. The minimum atomic E-state index is -0.634. The molecule has 1 atom stereocenters. The van der Waals surface area contributed by atoms with Gasteiger partial charge in [0.05, 0.1) is 15.5 Å². The molecule has 1 unspecified atom stereocenters. The molecule has 100 valence electrons. The second kappa shape index (κ2) is 6.13. The van der Waals surface area contributed by atoms with E-state index in [1.807, 2.05) is 20.8 Å². The quantitative estimate of drug-likeness (QED) is 0.649. The van der Waals surface area contributed by atoms with Gasteiger partial charge in [0.25, 0.3) is 5.69 Å². The molecule has 0 radical (unpaired) electrons. The van der Waals surface area contributed by atoms with Crippen molar-refractivity contribution >= 4 is 27.3 Å². The molecule has 0 heterocycles. The maximum atomic E-state index is 13.3. The lowest BCUT2D eigenvalue weighted by atomic mass is 10.0. The lowest BCUT2D eigenvalue weighted by molar-refractivity contribution is -0.384. The second-order valence-electron chi connectivity index (χ2n) is 4.44. The van der Waals surface area contributed by atoms with E-state index in [1.165, 1.54) is 6.07 Å². The number of nitrogens with one attached hydrogen (secondary N) is 1. The highest BCUT2D eigenvalue weighted by atomic mass is 79.9. The van der Waals surface area contributed by atoms with Crippen molar-refractivity contribution in [3.63, 3.8) is 0 Å². The van der Waals surface area contributed by atoms with E-state index in [0.29, 0.717) is 11.6 Å². The van der Waals surface area contributed by atoms with Gasteiger partial charge in [-0.1, -0.05) is 20.8 Å². The number of hydrogen-bond donors (Lipinski definition) is 1. The summed E-state index contributed by atoms with van der Waals surface area (Å²) in [6.45, 7) is 6.07. The molecule has 18 heavy (non-hydrogen) atoms. The Labute approximate surface area is 114 Å². The van der Waals surface area contributed by atoms with Crippen LogP contribution in [0.15, 0.2) is 16.6 Å². The van der Waals surface area contributed by atoms with Crippen LogP contribution >= 0.6 is 15.9 Å². The van der Waals surface area contributed by atoms with E-state index in [4.69, 9.17) is 0 Å². The van der Waals surface area contributed by atoms with Crippen LogP contribution in [0.4, 0.5) is 15.8 Å². The molecule has 1 aromatic carbocycles. The number of nitro groups is 1. The number of rotatable bonds is 5. The van der Waals surface area contributed by atoms with Gasteiger partial charge >= 0.3 is 0 Å². The molecule has 1 rings (SSSR count). The van der Waals surface area contributed by atoms with Gasteiger partial charge in [-0.3, -0.25) is 10.1 Å². The number of halogens is 2. The minimum absolute atomic E-state index is 0.112. The van der Waals surface area contributed by atoms with E-state index >= 15 is 0 Å². The smallest absolute Gasteiger partial charge is 0.295 e.